The summed E-state index contributed by atoms with van der Waals surface area (Å²) >= 11 is 0. The molecule has 1 aliphatic heterocycles. The Morgan fingerprint density at radius 2 is 2.00 bits per heavy atom. The molecule has 0 aromatic heterocycles. The first-order valence-electron chi connectivity index (χ1n) is 8.11. The van der Waals surface area contributed by atoms with Crippen molar-refractivity contribution in [3.8, 4) is 0 Å². The molecule has 0 bridgehead atoms. The minimum Gasteiger partial charge on any atom is -0.392 e. The van der Waals surface area contributed by atoms with Crippen LogP contribution in [0.15, 0.2) is 24.3 Å². The molecule has 0 radical (unpaired) electrons. The van der Waals surface area contributed by atoms with E-state index in [0.717, 1.165) is 37.2 Å². The van der Waals surface area contributed by atoms with Gasteiger partial charge in [0.1, 0.15) is 0 Å². The maximum absolute atomic E-state index is 12.2. The molecule has 22 heavy (non-hydrogen) atoms. The van der Waals surface area contributed by atoms with E-state index < -0.39 is 0 Å². The minimum absolute atomic E-state index is 0.0525. The first-order valence-corrected chi connectivity index (χ1v) is 8.11. The molecule has 1 fully saturated rings. The van der Waals surface area contributed by atoms with E-state index >= 15 is 0 Å². The number of carbonyl (C=O) groups excluding carboxylic acids is 1. The van der Waals surface area contributed by atoms with Gasteiger partial charge in [-0.05, 0) is 36.0 Å². The molecule has 0 saturated carbocycles. The van der Waals surface area contributed by atoms with Crippen molar-refractivity contribution in [1.82, 2.24) is 4.90 Å². The monoisotopic (exact) mass is 304 g/mol. The van der Waals surface area contributed by atoms with Crippen LogP contribution in [-0.2, 0) is 11.4 Å². The van der Waals surface area contributed by atoms with Crippen LogP contribution in [0.5, 0.6) is 0 Å². The lowest BCUT2D eigenvalue weighted by molar-refractivity contribution is -0.134. The van der Waals surface area contributed by atoms with Crippen molar-refractivity contribution in [2.24, 2.45) is 5.41 Å². The van der Waals surface area contributed by atoms with E-state index in [1.165, 1.54) is 0 Å². The standard InChI is InChI=1S/C18H28N2O2/c1-18(2,3)12-17(22)20-9-7-15(8-10-20)19-16-6-4-5-14(11-16)13-21/h4-6,11,15,19,21H,7-10,12-13H2,1-3H3. The number of piperidine rings is 1. The molecule has 1 heterocycles. The summed E-state index contributed by atoms with van der Waals surface area (Å²) in [6.07, 6.45) is 2.56. The predicted octanol–water partition coefficient (Wildman–Crippen LogP) is 3.02. The molecule has 122 valence electrons. The Hall–Kier alpha value is -1.55. The average Bonchev–Trinajstić information content (AvgIpc) is 2.46. The quantitative estimate of drug-likeness (QED) is 0.899. The third-order valence-corrected chi connectivity index (χ3v) is 4.01. The fraction of sp³-hybridized carbons (Fsp3) is 0.611. The lowest BCUT2D eigenvalue weighted by Gasteiger charge is -2.34. The molecule has 1 saturated heterocycles. The highest BCUT2D eigenvalue weighted by Gasteiger charge is 2.25. The van der Waals surface area contributed by atoms with E-state index in [-0.39, 0.29) is 17.9 Å². The van der Waals surface area contributed by atoms with Crippen molar-refractivity contribution >= 4 is 11.6 Å². The van der Waals surface area contributed by atoms with Crippen molar-refractivity contribution in [3.05, 3.63) is 29.8 Å². The number of anilines is 1. The highest BCUT2D eigenvalue weighted by Crippen LogP contribution is 2.23. The molecule has 0 aliphatic carbocycles. The molecule has 0 unspecified atom stereocenters. The Morgan fingerprint density at radius 3 is 2.59 bits per heavy atom. The van der Waals surface area contributed by atoms with Gasteiger partial charge in [0.05, 0.1) is 6.61 Å². The van der Waals surface area contributed by atoms with Gasteiger partial charge in [0.25, 0.3) is 0 Å². The van der Waals surface area contributed by atoms with Crippen LogP contribution in [0.2, 0.25) is 0 Å². The summed E-state index contributed by atoms with van der Waals surface area (Å²) in [5.74, 6) is 0.272. The highest BCUT2D eigenvalue weighted by molar-refractivity contribution is 5.76. The first-order chi connectivity index (χ1) is 10.4. The van der Waals surface area contributed by atoms with Gasteiger partial charge in [0, 0.05) is 31.2 Å². The van der Waals surface area contributed by atoms with E-state index in [2.05, 4.69) is 26.1 Å². The zero-order chi connectivity index (χ0) is 16.2. The molecule has 0 atom stereocenters. The van der Waals surface area contributed by atoms with Crippen LogP contribution >= 0.6 is 0 Å². The number of amides is 1. The number of aliphatic hydroxyl groups excluding tert-OH is 1. The number of likely N-dealkylation sites (tertiary alicyclic amines) is 1. The second-order valence-electron chi connectivity index (χ2n) is 7.40. The Kier molecular flexibility index (Phi) is 5.46. The van der Waals surface area contributed by atoms with Crippen LogP contribution < -0.4 is 5.32 Å². The smallest absolute Gasteiger partial charge is 0.223 e. The maximum Gasteiger partial charge on any atom is 0.223 e. The number of rotatable bonds is 4. The molecule has 0 spiro atoms. The lowest BCUT2D eigenvalue weighted by Crippen LogP contribution is -2.43. The van der Waals surface area contributed by atoms with Crippen molar-refractivity contribution in [2.75, 3.05) is 18.4 Å². The Balaban J connectivity index is 1.83. The van der Waals surface area contributed by atoms with E-state index in [9.17, 15) is 9.90 Å². The van der Waals surface area contributed by atoms with Crippen LogP contribution in [0, 0.1) is 5.41 Å². The van der Waals surface area contributed by atoms with Gasteiger partial charge in [-0.3, -0.25) is 4.79 Å². The predicted molar refractivity (Wildman–Crippen MR) is 89.7 cm³/mol. The van der Waals surface area contributed by atoms with Gasteiger partial charge in [-0.2, -0.15) is 0 Å². The molecule has 1 aliphatic rings. The van der Waals surface area contributed by atoms with Gasteiger partial charge in [-0.25, -0.2) is 0 Å². The van der Waals surface area contributed by atoms with E-state index in [1.807, 2.05) is 29.2 Å². The normalized spacial score (nSPS) is 16.6. The minimum atomic E-state index is 0.0525. The van der Waals surface area contributed by atoms with Crippen LogP contribution in [0.1, 0.15) is 45.6 Å². The van der Waals surface area contributed by atoms with Crippen LogP contribution in [-0.4, -0.2) is 35.0 Å². The Bertz CT molecular complexity index is 500. The summed E-state index contributed by atoms with van der Waals surface area (Å²) < 4.78 is 0. The number of carbonyl (C=O) groups is 1. The average molecular weight is 304 g/mol. The fourth-order valence-electron chi connectivity index (χ4n) is 2.83. The molecule has 2 N–H and O–H groups in total. The van der Waals surface area contributed by atoms with Crippen LogP contribution in [0.3, 0.4) is 0 Å². The van der Waals surface area contributed by atoms with E-state index in [4.69, 9.17) is 0 Å². The molecule has 1 aromatic carbocycles. The summed E-state index contributed by atoms with van der Waals surface area (Å²) in [5, 5.41) is 12.7. The zero-order valence-corrected chi connectivity index (χ0v) is 13.9. The number of nitrogens with one attached hydrogen (secondary N) is 1. The second kappa shape index (κ2) is 7.14. The molecule has 2 rings (SSSR count). The third kappa shape index (κ3) is 5.02. The lowest BCUT2D eigenvalue weighted by atomic mass is 9.91. The van der Waals surface area contributed by atoms with Gasteiger partial charge in [0.2, 0.25) is 5.91 Å². The SMILES string of the molecule is CC(C)(C)CC(=O)N1CCC(Nc2cccc(CO)c2)CC1. The van der Waals surface area contributed by atoms with E-state index in [0.29, 0.717) is 12.5 Å². The van der Waals surface area contributed by atoms with Gasteiger partial charge in [0.15, 0.2) is 0 Å². The number of benzene rings is 1. The fourth-order valence-corrected chi connectivity index (χ4v) is 2.83. The van der Waals surface area contributed by atoms with Crippen LogP contribution in [0.25, 0.3) is 0 Å². The number of aliphatic hydroxyl groups is 1. The molecular weight excluding hydrogens is 276 g/mol. The Labute approximate surface area is 133 Å². The van der Waals surface area contributed by atoms with Crippen molar-refractivity contribution in [3.63, 3.8) is 0 Å². The van der Waals surface area contributed by atoms with Gasteiger partial charge < -0.3 is 15.3 Å². The maximum atomic E-state index is 12.2. The summed E-state index contributed by atoms with van der Waals surface area (Å²) in [7, 11) is 0. The number of nitrogens with zero attached hydrogens (tertiary/aromatic N) is 1. The second-order valence-corrected chi connectivity index (χ2v) is 7.40. The summed E-state index contributed by atoms with van der Waals surface area (Å²) in [6, 6.07) is 8.27. The molecule has 1 aromatic rings. The Morgan fingerprint density at radius 1 is 1.32 bits per heavy atom. The summed E-state index contributed by atoms with van der Waals surface area (Å²) in [6.45, 7) is 8.03. The van der Waals surface area contributed by atoms with Crippen molar-refractivity contribution in [1.29, 1.82) is 0 Å². The highest BCUT2D eigenvalue weighted by atomic mass is 16.3. The third-order valence-electron chi connectivity index (χ3n) is 4.01. The number of hydrogen-bond acceptors (Lipinski definition) is 3. The largest absolute Gasteiger partial charge is 0.392 e. The molecule has 4 nitrogen and oxygen atoms in total. The summed E-state index contributed by atoms with van der Waals surface area (Å²) in [5.41, 5.74) is 2.02. The van der Waals surface area contributed by atoms with Crippen LogP contribution in [0.4, 0.5) is 5.69 Å². The van der Waals surface area contributed by atoms with Gasteiger partial charge in [-0.1, -0.05) is 32.9 Å². The topological polar surface area (TPSA) is 52.6 Å². The number of hydrogen-bond donors (Lipinski definition) is 2. The zero-order valence-electron chi connectivity index (χ0n) is 13.9. The summed E-state index contributed by atoms with van der Waals surface area (Å²) in [4.78, 5) is 14.2. The van der Waals surface area contributed by atoms with Gasteiger partial charge >= 0.3 is 0 Å². The van der Waals surface area contributed by atoms with Crippen molar-refractivity contribution in [2.45, 2.75) is 52.7 Å². The first kappa shape index (κ1) is 16.8. The van der Waals surface area contributed by atoms with Crippen molar-refractivity contribution < 1.29 is 9.90 Å². The van der Waals surface area contributed by atoms with Gasteiger partial charge in [-0.15, -0.1) is 0 Å². The van der Waals surface area contributed by atoms with E-state index in [1.54, 1.807) is 0 Å². The molecular formula is C18H28N2O2. The molecule has 1 amide bonds. The molecule has 4 heteroatoms.